The van der Waals surface area contributed by atoms with Crippen molar-refractivity contribution in [2.75, 3.05) is 32.1 Å². The van der Waals surface area contributed by atoms with Gasteiger partial charge in [-0.2, -0.15) is 0 Å². The Morgan fingerprint density at radius 3 is 2.66 bits per heavy atom. The van der Waals surface area contributed by atoms with Crippen LogP contribution in [0, 0.1) is 0 Å². The van der Waals surface area contributed by atoms with Crippen molar-refractivity contribution in [2.45, 2.75) is 11.7 Å². The van der Waals surface area contributed by atoms with Gasteiger partial charge >= 0.3 is 0 Å². The summed E-state index contributed by atoms with van der Waals surface area (Å²) in [4.78, 5) is 30.7. The molecule has 1 amide bonds. The predicted molar refractivity (Wildman–Crippen MR) is 129 cm³/mol. The highest BCUT2D eigenvalue weighted by Gasteiger charge is 2.20. The van der Waals surface area contributed by atoms with Gasteiger partial charge in [0.25, 0.3) is 5.56 Å². The number of thioether (sulfide) groups is 1. The van der Waals surface area contributed by atoms with Crippen LogP contribution in [0.1, 0.15) is 5.76 Å². The molecule has 0 aliphatic carbocycles. The molecule has 2 aromatic carbocycles. The molecule has 4 aromatic rings. The maximum Gasteiger partial charge on any atom is 0.262 e. The normalized spacial score (nSPS) is 12.1. The van der Waals surface area contributed by atoms with Crippen LogP contribution in [-0.4, -0.2) is 42.2 Å². The number of amides is 1. The largest absolute Gasteiger partial charge is 0.493 e. The van der Waals surface area contributed by atoms with Gasteiger partial charge in [0.2, 0.25) is 12.7 Å². The monoisotopic (exact) mass is 495 g/mol. The molecule has 11 heteroatoms. The number of carbonyl (C=O) groups excluding carboxylic acids is 1. The second kappa shape index (κ2) is 9.63. The Morgan fingerprint density at radius 2 is 1.91 bits per heavy atom. The number of anilines is 1. The summed E-state index contributed by atoms with van der Waals surface area (Å²) in [5, 5.41) is 3.59. The second-order valence-corrected chi connectivity index (χ2v) is 8.44. The molecule has 0 saturated heterocycles. The van der Waals surface area contributed by atoms with E-state index in [9.17, 15) is 9.59 Å². The van der Waals surface area contributed by atoms with Gasteiger partial charge in [-0.3, -0.25) is 14.2 Å². The van der Waals surface area contributed by atoms with E-state index in [1.807, 2.05) is 0 Å². The number of benzene rings is 2. The number of nitrogens with one attached hydrogen (secondary N) is 1. The summed E-state index contributed by atoms with van der Waals surface area (Å²) >= 11 is 1.15. The highest BCUT2D eigenvalue weighted by Crippen LogP contribution is 2.35. The number of hydrogen-bond acceptors (Lipinski definition) is 9. The van der Waals surface area contributed by atoms with E-state index in [4.69, 9.17) is 23.4 Å². The molecule has 1 N–H and O–H groups in total. The van der Waals surface area contributed by atoms with Crippen molar-refractivity contribution in [1.29, 1.82) is 0 Å². The molecule has 1 aliphatic rings. The minimum Gasteiger partial charge on any atom is -0.493 e. The molecule has 5 rings (SSSR count). The van der Waals surface area contributed by atoms with Crippen LogP contribution in [0.3, 0.4) is 0 Å². The number of methoxy groups -OCH3 is 2. The number of nitrogens with zero attached hydrogens (tertiary/aromatic N) is 2. The standard InChI is InChI=1S/C24H21N3O7S/c1-30-18-6-5-14(8-19(18)31-2)25-22(28)12-35-24-26-17-10-21-20(33-13-34-21)9-16(17)23(29)27(24)11-15-4-3-7-32-15/h3-10H,11-13H2,1-2H3,(H,25,28). The van der Waals surface area contributed by atoms with E-state index in [-0.39, 0.29) is 30.6 Å². The van der Waals surface area contributed by atoms with E-state index < -0.39 is 0 Å². The van der Waals surface area contributed by atoms with Gasteiger partial charge < -0.3 is 28.7 Å². The first-order valence-corrected chi connectivity index (χ1v) is 11.6. The smallest absolute Gasteiger partial charge is 0.262 e. The minimum absolute atomic E-state index is 0.0228. The van der Waals surface area contributed by atoms with Crippen LogP contribution < -0.4 is 29.8 Å². The van der Waals surface area contributed by atoms with Gasteiger partial charge in [0.15, 0.2) is 28.2 Å². The van der Waals surface area contributed by atoms with E-state index in [2.05, 4.69) is 10.3 Å². The molecular weight excluding hydrogens is 474 g/mol. The number of hydrogen-bond donors (Lipinski definition) is 1. The third-order valence-electron chi connectivity index (χ3n) is 5.31. The summed E-state index contributed by atoms with van der Waals surface area (Å²) < 4.78 is 28.3. The second-order valence-electron chi connectivity index (χ2n) is 7.49. The van der Waals surface area contributed by atoms with Crippen molar-refractivity contribution < 1.29 is 28.2 Å². The van der Waals surface area contributed by atoms with Crippen molar-refractivity contribution >= 4 is 34.3 Å². The van der Waals surface area contributed by atoms with Gasteiger partial charge in [-0.05, 0) is 30.3 Å². The third kappa shape index (κ3) is 4.62. The van der Waals surface area contributed by atoms with Crippen molar-refractivity contribution in [3.8, 4) is 23.0 Å². The van der Waals surface area contributed by atoms with Crippen LogP contribution in [0.4, 0.5) is 5.69 Å². The summed E-state index contributed by atoms with van der Waals surface area (Å²) in [6.07, 6.45) is 1.54. The molecule has 2 aromatic heterocycles. The lowest BCUT2D eigenvalue weighted by molar-refractivity contribution is -0.113. The zero-order valence-corrected chi connectivity index (χ0v) is 19.7. The lowest BCUT2D eigenvalue weighted by Gasteiger charge is -2.13. The van der Waals surface area contributed by atoms with E-state index in [0.29, 0.717) is 50.5 Å². The molecule has 0 radical (unpaired) electrons. The molecule has 0 unspecified atom stereocenters. The summed E-state index contributed by atoms with van der Waals surface area (Å²) in [6.45, 7) is 0.257. The van der Waals surface area contributed by atoms with Crippen molar-refractivity contribution in [2.24, 2.45) is 0 Å². The van der Waals surface area contributed by atoms with Crippen LogP contribution in [-0.2, 0) is 11.3 Å². The number of fused-ring (bicyclic) bond motifs is 2. The minimum atomic E-state index is -0.271. The van der Waals surface area contributed by atoms with Crippen molar-refractivity contribution in [3.05, 3.63) is 64.8 Å². The van der Waals surface area contributed by atoms with Crippen LogP contribution in [0.2, 0.25) is 0 Å². The summed E-state index contributed by atoms with van der Waals surface area (Å²) in [5.74, 6) is 2.42. The average molecular weight is 496 g/mol. The van der Waals surface area contributed by atoms with Crippen LogP contribution in [0.5, 0.6) is 23.0 Å². The maximum atomic E-state index is 13.4. The summed E-state index contributed by atoms with van der Waals surface area (Å²) in [5.41, 5.74) is 0.741. The summed E-state index contributed by atoms with van der Waals surface area (Å²) in [7, 11) is 3.06. The zero-order valence-electron chi connectivity index (χ0n) is 18.9. The molecular formula is C24H21N3O7S. The topological polar surface area (TPSA) is 114 Å². The molecule has 1 aliphatic heterocycles. The van der Waals surface area contributed by atoms with E-state index in [1.54, 1.807) is 49.6 Å². The van der Waals surface area contributed by atoms with Crippen LogP contribution in [0.15, 0.2) is 63.1 Å². The Bertz CT molecular complexity index is 1450. The highest BCUT2D eigenvalue weighted by atomic mass is 32.2. The predicted octanol–water partition coefficient (Wildman–Crippen LogP) is 3.51. The van der Waals surface area contributed by atoms with E-state index >= 15 is 0 Å². The fourth-order valence-corrected chi connectivity index (χ4v) is 4.44. The van der Waals surface area contributed by atoms with Crippen LogP contribution in [0.25, 0.3) is 10.9 Å². The number of furan rings is 1. The lowest BCUT2D eigenvalue weighted by Crippen LogP contribution is -2.24. The Balaban J connectivity index is 1.42. The van der Waals surface area contributed by atoms with Gasteiger partial charge in [-0.15, -0.1) is 0 Å². The van der Waals surface area contributed by atoms with Gasteiger partial charge in [-0.1, -0.05) is 11.8 Å². The SMILES string of the molecule is COc1ccc(NC(=O)CSc2nc3cc4c(cc3c(=O)n2Cc2ccco2)OCO4)cc1OC. The van der Waals surface area contributed by atoms with Crippen LogP contribution >= 0.6 is 11.8 Å². The number of rotatable bonds is 8. The Labute approximate surface area is 203 Å². The molecule has 0 fully saturated rings. The fourth-order valence-electron chi connectivity index (χ4n) is 3.64. The molecule has 0 saturated carbocycles. The van der Waals surface area contributed by atoms with Gasteiger partial charge in [0, 0.05) is 17.8 Å². The molecule has 180 valence electrons. The van der Waals surface area contributed by atoms with E-state index in [0.717, 1.165) is 11.8 Å². The number of carbonyl (C=O) groups is 1. The Morgan fingerprint density at radius 1 is 1.11 bits per heavy atom. The fraction of sp³-hybridized carbons (Fsp3) is 0.208. The quantitative estimate of drug-likeness (QED) is 0.290. The van der Waals surface area contributed by atoms with Gasteiger partial charge in [0.05, 0.1) is 43.7 Å². The molecule has 35 heavy (non-hydrogen) atoms. The maximum absolute atomic E-state index is 13.4. The summed E-state index contributed by atoms with van der Waals surface area (Å²) in [6, 6.07) is 11.9. The zero-order chi connectivity index (χ0) is 24.4. The Hall–Kier alpha value is -4.12. The number of ether oxygens (including phenoxy) is 4. The van der Waals surface area contributed by atoms with Gasteiger partial charge in [0.1, 0.15) is 5.76 Å². The third-order valence-corrected chi connectivity index (χ3v) is 6.28. The first-order valence-electron chi connectivity index (χ1n) is 10.6. The molecule has 10 nitrogen and oxygen atoms in total. The van der Waals surface area contributed by atoms with Gasteiger partial charge in [-0.25, -0.2) is 4.98 Å². The highest BCUT2D eigenvalue weighted by molar-refractivity contribution is 7.99. The van der Waals surface area contributed by atoms with Crippen molar-refractivity contribution in [1.82, 2.24) is 9.55 Å². The Kier molecular flexibility index (Phi) is 6.23. The molecule has 0 spiro atoms. The van der Waals surface area contributed by atoms with Crippen molar-refractivity contribution in [3.63, 3.8) is 0 Å². The first-order chi connectivity index (χ1) is 17.1. The molecule has 0 atom stereocenters. The first kappa shape index (κ1) is 22.7. The molecule has 0 bridgehead atoms. The molecule has 3 heterocycles. The lowest BCUT2D eigenvalue weighted by atomic mass is 10.2. The number of aromatic nitrogens is 2. The van der Waals surface area contributed by atoms with E-state index in [1.165, 1.54) is 17.9 Å². The average Bonchev–Trinajstić information content (AvgIpc) is 3.55.